The van der Waals surface area contributed by atoms with E-state index in [1.165, 1.54) is 34.9 Å². The lowest BCUT2D eigenvalue weighted by Gasteiger charge is -2.30. The number of carbonyl (C=O) groups excluding carboxylic acids is 4. The van der Waals surface area contributed by atoms with E-state index in [1.54, 1.807) is 60.7 Å². The standard InChI is InChI=1S/C46H39NO6/c1-25-10-16-35-37(18-25)44(2,3)23-46(35)24-45(4,5)38-22-30(13-17-36(38)46)53-29-12-15-32-34(21-29)43(51)47(42(32)50)27-9-7-8-26(19-27)39-40(48)31-14-11-28(52-6)20-33(31)41(39)49/h7-22,39H,23-24H2,1-6H3. The van der Waals surface area contributed by atoms with Crippen LogP contribution in [0.1, 0.15) is 121 Å². The van der Waals surface area contributed by atoms with Crippen molar-refractivity contribution in [3.63, 3.8) is 0 Å². The molecule has 264 valence electrons. The lowest BCUT2D eigenvalue weighted by Crippen LogP contribution is -2.29. The van der Waals surface area contributed by atoms with Crippen LogP contribution in [0.2, 0.25) is 0 Å². The predicted octanol–water partition coefficient (Wildman–Crippen LogP) is 9.41. The molecule has 0 saturated heterocycles. The van der Waals surface area contributed by atoms with Gasteiger partial charge in [0.1, 0.15) is 23.2 Å². The number of aryl methyl sites for hydroxylation is 1. The van der Waals surface area contributed by atoms with Crippen molar-refractivity contribution in [2.45, 2.75) is 69.6 Å². The van der Waals surface area contributed by atoms with Crippen LogP contribution in [0.25, 0.3) is 0 Å². The van der Waals surface area contributed by atoms with Gasteiger partial charge in [-0.2, -0.15) is 0 Å². The summed E-state index contributed by atoms with van der Waals surface area (Å²) in [6.45, 7) is 11.5. The highest BCUT2D eigenvalue weighted by Gasteiger charge is 2.56. The van der Waals surface area contributed by atoms with Gasteiger partial charge in [0.05, 0.1) is 23.9 Å². The summed E-state index contributed by atoms with van der Waals surface area (Å²) in [5.74, 6) is -1.13. The maximum absolute atomic E-state index is 13.9. The molecule has 0 radical (unpaired) electrons. The van der Waals surface area contributed by atoms with Gasteiger partial charge < -0.3 is 9.47 Å². The second-order valence-electron chi connectivity index (χ2n) is 16.4. The van der Waals surface area contributed by atoms with Crippen molar-refractivity contribution in [1.82, 2.24) is 0 Å². The number of carbonyl (C=O) groups is 4. The summed E-state index contributed by atoms with van der Waals surface area (Å²) in [7, 11) is 1.50. The summed E-state index contributed by atoms with van der Waals surface area (Å²) in [4.78, 5) is 55.4. The Morgan fingerprint density at radius 1 is 0.585 bits per heavy atom. The number of hydrogen-bond donors (Lipinski definition) is 0. The highest BCUT2D eigenvalue weighted by atomic mass is 16.5. The van der Waals surface area contributed by atoms with E-state index in [0.29, 0.717) is 33.9 Å². The number of amides is 2. The van der Waals surface area contributed by atoms with Crippen molar-refractivity contribution in [1.29, 1.82) is 0 Å². The normalized spacial score (nSPS) is 21.5. The lowest BCUT2D eigenvalue weighted by atomic mass is 9.72. The number of ether oxygens (including phenoxy) is 2. The van der Waals surface area contributed by atoms with Gasteiger partial charge in [-0.15, -0.1) is 0 Å². The number of fused-ring (bicyclic) bond motifs is 6. The van der Waals surface area contributed by atoms with E-state index in [-0.39, 0.29) is 44.6 Å². The van der Waals surface area contributed by atoms with Crippen LogP contribution in [-0.4, -0.2) is 30.5 Å². The van der Waals surface area contributed by atoms with E-state index in [2.05, 4.69) is 65.0 Å². The van der Waals surface area contributed by atoms with Crippen LogP contribution in [0.3, 0.4) is 0 Å². The minimum absolute atomic E-state index is 0.0592. The lowest BCUT2D eigenvalue weighted by molar-refractivity contribution is 0.0885. The van der Waals surface area contributed by atoms with E-state index >= 15 is 0 Å². The first-order valence-corrected chi connectivity index (χ1v) is 18.1. The van der Waals surface area contributed by atoms with Gasteiger partial charge in [-0.3, -0.25) is 19.2 Å². The predicted molar refractivity (Wildman–Crippen MR) is 202 cm³/mol. The Labute approximate surface area is 308 Å². The van der Waals surface area contributed by atoms with Crippen LogP contribution in [0, 0.1) is 6.92 Å². The first-order valence-electron chi connectivity index (χ1n) is 18.1. The molecule has 7 heteroatoms. The van der Waals surface area contributed by atoms with Crippen molar-refractivity contribution in [2.75, 3.05) is 12.0 Å². The molecule has 0 bridgehead atoms. The number of anilines is 1. The van der Waals surface area contributed by atoms with Crippen LogP contribution in [0.15, 0.2) is 97.1 Å². The number of hydrogen-bond acceptors (Lipinski definition) is 6. The third-order valence-corrected chi connectivity index (χ3v) is 12.0. The first-order chi connectivity index (χ1) is 25.2. The Morgan fingerprint density at radius 3 is 1.91 bits per heavy atom. The monoisotopic (exact) mass is 701 g/mol. The molecule has 1 aliphatic heterocycles. The molecule has 53 heavy (non-hydrogen) atoms. The average Bonchev–Trinajstić information content (AvgIpc) is 3.70. The fourth-order valence-electron chi connectivity index (χ4n) is 9.79. The SMILES string of the molecule is COc1ccc2c(c1)C(=O)C(c1cccc(N3C(=O)c4ccc(Oc5ccc6c(c5)C(C)(C)CC65CC(C)(C)c6cc(C)ccc65)cc4C3=O)c1)C2=O. The average molecular weight is 702 g/mol. The molecule has 0 N–H and O–H groups in total. The number of nitrogens with zero attached hydrogens (tertiary/aromatic N) is 1. The molecule has 7 nitrogen and oxygen atoms in total. The molecule has 2 unspecified atom stereocenters. The van der Waals surface area contributed by atoms with Gasteiger partial charge in [0.15, 0.2) is 11.6 Å². The molecular formula is C46H39NO6. The molecule has 0 fully saturated rings. The number of rotatable bonds is 5. The summed E-state index contributed by atoms with van der Waals surface area (Å²) in [6, 6.07) is 29.6. The van der Waals surface area contributed by atoms with Crippen LogP contribution >= 0.6 is 0 Å². The molecule has 2 amide bonds. The van der Waals surface area contributed by atoms with Gasteiger partial charge in [0, 0.05) is 16.5 Å². The van der Waals surface area contributed by atoms with Gasteiger partial charge in [-0.1, -0.05) is 69.7 Å². The van der Waals surface area contributed by atoms with E-state index < -0.39 is 17.7 Å². The molecule has 3 aliphatic carbocycles. The Hall–Kier alpha value is -5.82. The molecule has 2 atom stereocenters. The molecule has 9 rings (SSSR count). The van der Waals surface area contributed by atoms with Crippen molar-refractivity contribution < 1.29 is 28.7 Å². The highest BCUT2D eigenvalue weighted by molar-refractivity contribution is 6.35. The van der Waals surface area contributed by atoms with Crippen LogP contribution in [0.4, 0.5) is 5.69 Å². The second-order valence-corrected chi connectivity index (χ2v) is 16.4. The summed E-state index contributed by atoms with van der Waals surface area (Å²) in [6.07, 6.45) is 2.06. The Morgan fingerprint density at radius 2 is 1.17 bits per heavy atom. The van der Waals surface area contributed by atoms with Crippen LogP contribution in [0.5, 0.6) is 17.2 Å². The van der Waals surface area contributed by atoms with E-state index in [9.17, 15) is 19.2 Å². The number of Topliss-reactive ketones (excluding diaryl/α,β-unsaturated/α-hetero) is 2. The van der Waals surface area contributed by atoms with Crippen molar-refractivity contribution in [2.24, 2.45) is 0 Å². The number of imide groups is 1. The van der Waals surface area contributed by atoms with E-state index in [4.69, 9.17) is 9.47 Å². The fraction of sp³-hybridized carbons (Fsp3) is 0.261. The minimum Gasteiger partial charge on any atom is -0.497 e. The van der Waals surface area contributed by atoms with Gasteiger partial charge in [0.2, 0.25) is 0 Å². The minimum atomic E-state index is -1.07. The van der Waals surface area contributed by atoms with Crippen LogP contribution in [-0.2, 0) is 16.2 Å². The highest BCUT2D eigenvalue weighted by Crippen LogP contribution is 2.63. The maximum Gasteiger partial charge on any atom is 0.266 e. The van der Waals surface area contributed by atoms with Gasteiger partial charge in [-0.05, 0) is 119 Å². The van der Waals surface area contributed by atoms with E-state index in [0.717, 1.165) is 17.7 Å². The van der Waals surface area contributed by atoms with Crippen molar-refractivity contribution in [3.8, 4) is 17.2 Å². The molecule has 5 aromatic carbocycles. The molecule has 1 heterocycles. The Kier molecular flexibility index (Phi) is 6.92. The summed E-state index contributed by atoms with van der Waals surface area (Å²) < 4.78 is 11.7. The number of methoxy groups -OCH3 is 1. The number of benzene rings is 5. The molecule has 0 saturated carbocycles. The van der Waals surface area contributed by atoms with Gasteiger partial charge >= 0.3 is 0 Å². The topological polar surface area (TPSA) is 90.0 Å². The third-order valence-electron chi connectivity index (χ3n) is 12.0. The summed E-state index contributed by atoms with van der Waals surface area (Å²) in [5, 5.41) is 0. The molecule has 1 spiro atoms. The second kappa shape index (κ2) is 11.1. The molecule has 0 aromatic heterocycles. The first kappa shape index (κ1) is 33.0. The third kappa shape index (κ3) is 4.72. The zero-order valence-corrected chi connectivity index (χ0v) is 30.6. The maximum atomic E-state index is 13.9. The summed E-state index contributed by atoms with van der Waals surface area (Å²) in [5.41, 5.74) is 8.47. The van der Waals surface area contributed by atoms with Crippen molar-refractivity contribution in [3.05, 3.63) is 153 Å². The zero-order chi connectivity index (χ0) is 37.2. The smallest absolute Gasteiger partial charge is 0.266 e. The fourth-order valence-corrected chi connectivity index (χ4v) is 9.79. The Bertz CT molecular complexity index is 2490. The molecular weight excluding hydrogens is 663 g/mol. The molecule has 5 aromatic rings. The van der Waals surface area contributed by atoms with E-state index in [1.807, 2.05) is 6.07 Å². The quantitative estimate of drug-likeness (QED) is 0.134. The number of ketones is 2. The Balaban J connectivity index is 0.995. The summed E-state index contributed by atoms with van der Waals surface area (Å²) >= 11 is 0. The van der Waals surface area contributed by atoms with Gasteiger partial charge in [0.25, 0.3) is 11.8 Å². The largest absolute Gasteiger partial charge is 0.497 e. The van der Waals surface area contributed by atoms with Gasteiger partial charge in [-0.25, -0.2) is 4.90 Å². The van der Waals surface area contributed by atoms with Crippen molar-refractivity contribution >= 4 is 29.1 Å². The zero-order valence-electron chi connectivity index (χ0n) is 30.6. The van der Waals surface area contributed by atoms with Crippen LogP contribution < -0.4 is 14.4 Å². The molecule has 4 aliphatic rings.